The highest BCUT2D eigenvalue weighted by atomic mass is 32.1. The van der Waals surface area contributed by atoms with Gasteiger partial charge in [0.2, 0.25) is 5.13 Å². The molecule has 6 nitrogen and oxygen atoms in total. The molecule has 2 heterocycles. The van der Waals surface area contributed by atoms with Crippen LogP contribution in [-0.4, -0.2) is 24.4 Å². The third-order valence-electron chi connectivity index (χ3n) is 4.29. The van der Waals surface area contributed by atoms with Crippen molar-refractivity contribution in [1.82, 2.24) is 24.4 Å². The van der Waals surface area contributed by atoms with E-state index < -0.39 is 0 Å². The zero-order valence-electron chi connectivity index (χ0n) is 14.8. The van der Waals surface area contributed by atoms with E-state index in [1.807, 2.05) is 48.0 Å². The molecule has 0 aliphatic carbocycles. The van der Waals surface area contributed by atoms with Crippen molar-refractivity contribution in [2.75, 3.05) is 5.32 Å². The molecular weight excluding hydrogens is 344 g/mol. The van der Waals surface area contributed by atoms with Crippen molar-refractivity contribution in [1.29, 1.82) is 0 Å². The Morgan fingerprint density at radius 2 is 1.77 bits per heavy atom. The summed E-state index contributed by atoms with van der Waals surface area (Å²) in [6.45, 7) is 6.17. The van der Waals surface area contributed by atoms with E-state index in [1.54, 1.807) is 0 Å². The predicted molar refractivity (Wildman–Crippen MR) is 104 cm³/mol. The van der Waals surface area contributed by atoms with E-state index in [2.05, 4.69) is 51.0 Å². The lowest BCUT2D eigenvalue weighted by Crippen LogP contribution is -2.00. The predicted octanol–water partition coefficient (Wildman–Crippen LogP) is 4.45. The Balaban J connectivity index is 1.63. The maximum atomic E-state index is 4.56. The lowest BCUT2D eigenvalue weighted by Gasteiger charge is -2.06. The Morgan fingerprint density at radius 1 is 0.962 bits per heavy atom. The molecule has 0 atom stereocenters. The summed E-state index contributed by atoms with van der Waals surface area (Å²) in [6.07, 6.45) is 0. The molecule has 0 bridgehead atoms. The lowest BCUT2D eigenvalue weighted by molar-refractivity contribution is 0.784. The number of para-hydroxylation sites is 1. The number of aryl methyl sites for hydroxylation is 2. The number of nitrogens with zero attached hydrogens (tertiary/aromatic N) is 5. The van der Waals surface area contributed by atoms with Gasteiger partial charge < -0.3 is 5.32 Å². The second-order valence-corrected chi connectivity index (χ2v) is 6.87. The number of hydrogen-bond acceptors (Lipinski definition) is 6. The molecule has 0 radical (unpaired) electrons. The Morgan fingerprint density at radius 3 is 2.54 bits per heavy atom. The maximum absolute atomic E-state index is 4.56. The fourth-order valence-corrected chi connectivity index (χ4v) is 3.24. The highest BCUT2D eigenvalue weighted by Crippen LogP contribution is 2.26. The minimum absolute atomic E-state index is 0.584. The summed E-state index contributed by atoms with van der Waals surface area (Å²) < 4.78 is 6.26. The van der Waals surface area contributed by atoms with Crippen LogP contribution in [0.5, 0.6) is 0 Å². The first-order chi connectivity index (χ1) is 12.6. The Labute approximate surface area is 155 Å². The third-order valence-corrected chi connectivity index (χ3v) is 4.92. The van der Waals surface area contributed by atoms with Crippen LogP contribution < -0.4 is 5.32 Å². The molecule has 0 spiro atoms. The molecular formula is C19H18N6S. The molecule has 26 heavy (non-hydrogen) atoms. The van der Waals surface area contributed by atoms with Gasteiger partial charge in [0.15, 0.2) is 11.5 Å². The van der Waals surface area contributed by atoms with Gasteiger partial charge in [0.05, 0.1) is 11.4 Å². The van der Waals surface area contributed by atoms with Crippen molar-refractivity contribution >= 4 is 22.4 Å². The second kappa shape index (κ2) is 6.68. The number of rotatable bonds is 4. The van der Waals surface area contributed by atoms with Crippen LogP contribution in [0, 0.1) is 20.8 Å². The summed E-state index contributed by atoms with van der Waals surface area (Å²) in [4.78, 5) is 4.56. The summed E-state index contributed by atoms with van der Waals surface area (Å²) in [5.74, 6) is 0.584. The normalized spacial score (nSPS) is 10.9. The van der Waals surface area contributed by atoms with E-state index in [0.29, 0.717) is 11.5 Å². The molecule has 0 amide bonds. The molecule has 7 heteroatoms. The SMILES string of the molecule is Cc1ccc(-n2nnc(-c3nsc(Nc4ccccc4)n3)c2C)cc1C. The Bertz CT molecular complexity index is 1050. The molecule has 0 aliphatic rings. The topological polar surface area (TPSA) is 68.5 Å². The number of hydrogen-bond donors (Lipinski definition) is 1. The fourth-order valence-electron chi connectivity index (χ4n) is 2.65. The van der Waals surface area contributed by atoms with Gasteiger partial charge in [0, 0.05) is 17.2 Å². The van der Waals surface area contributed by atoms with Gasteiger partial charge in [0.1, 0.15) is 0 Å². The molecule has 4 rings (SSSR count). The van der Waals surface area contributed by atoms with Crippen molar-refractivity contribution in [3.8, 4) is 17.2 Å². The molecule has 0 saturated heterocycles. The van der Waals surface area contributed by atoms with Gasteiger partial charge in [0.25, 0.3) is 0 Å². The van der Waals surface area contributed by atoms with E-state index in [0.717, 1.165) is 22.2 Å². The standard InChI is InChI=1S/C19H18N6S/c1-12-9-10-16(11-13(12)2)25-14(3)17(22-24-25)18-21-19(26-23-18)20-15-7-5-4-6-8-15/h4-11H,1-3H3,(H,20,21,23). The first-order valence-corrected chi connectivity index (χ1v) is 9.05. The van der Waals surface area contributed by atoms with Crippen LogP contribution >= 0.6 is 11.5 Å². The van der Waals surface area contributed by atoms with Gasteiger partial charge in [-0.2, -0.15) is 9.36 Å². The number of nitrogens with one attached hydrogen (secondary N) is 1. The van der Waals surface area contributed by atoms with E-state index in [4.69, 9.17) is 0 Å². The Kier molecular flexibility index (Phi) is 4.22. The highest BCUT2D eigenvalue weighted by molar-refractivity contribution is 7.09. The molecule has 0 aliphatic heterocycles. The van der Waals surface area contributed by atoms with Crippen LogP contribution in [0.2, 0.25) is 0 Å². The maximum Gasteiger partial charge on any atom is 0.207 e. The average Bonchev–Trinajstić information content (AvgIpc) is 3.25. The number of benzene rings is 2. The van der Waals surface area contributed by atoms with Crippen LogP contribution in [0.4, 0.5) is 10.8 Å². The van der Waals surface area contributed by atoms with Crippen LogP contribution in [0.1, 0.15) is 16.8 Å². The highest BCUT2D eigenvalue weighted by Gasteiger charge is 2.17. The zero-order valence-corrected chi connectivity index (χ0v) is 15.6. The van der Waals surface area contributed by atoms with Crippen molar-refractivity contribution in [2.45, 2.75) is 20.8 Å². The van der Waals surface area contributed by atoms with Crippen LogP contribution in [0.25, 0.3) is 17.2 Å². The van der Waals surface area contributed by atoms with Gasteiger partial charge in [-0.05, 0) is 56.2 Å². The molecule has 0 unspecified atom stereocenters. The molecule has 4 aromatic rings. The minimum Gasteiger partial charge on any atom is -0.330 e. The fraction of sp³-hybridized carbons (Fsp3) is 0.158. The zero-order chi connectivity index (χ0) is 18.1. The van der Waals surface area contributed by atoms with Crippen LogP contribution in [0.3, 0.4) is 0 Å². The number of anilines is 2. The van der Waals surface area contributed by atoms with E-state index in [1.165, 1.54) is 22.7 Å². The van der Waals surface area contributed by atoms with Crippen LogP contribution in [-0.2, 0) is 0 Å². The average molecular weight is 362 g/mol. The summed E-state index contributed by atoms with van der Waals surface area (Å²) in [5.41, 5.74) is 6.05. The van der Waals surface area contributed by atoms with E-state index in [-0.39, 0.29) is 0 Å². The van der Waals surface area contributed by atoms with Gasteiger partial charge in [-0.15, -0.1) is 5.10 Å². The first-order valence-electron chi connectivity index (χ1n) is 8.28. The van der Waals surface area contributed by atoms with Gasteiger partial charge >= 0.3 is 0 Å². The number of aromatic nitrogens is 5. The van der Waals surface area contributed by atoms with Crippen molar-refractivity contribution in [2.24, 2.45) is 0 Å². The van der Waals surface area contributed by atoms with Gasteiger partial charge in [-0.25, -0.2) is 4.68 Å². The molecule has 1 N–H and O–H groups in total. The smallest absolute Gasteiger partial charge is 0.207 e. The van der Waals surface area contributed by atoms with Crippen LogP contribution in [0.15, 0.2) is 48.5 Å². The second-order valence-electron chi connectivity index (χ2n) is 6.12. The van der Waals surface area contributed by atoms with E-state index >= 15 is 0 Å². The molecule has 2 aromatic carbocycles. The van der Waals surface area contributed by atoms with Gasteiger partial charge in [-0.3, -0.25) is 0 Å². The molecule has 130 valence electrons. The molecule has 0 fully saturated rings. The summed E-state index contributed by atoms with van der Waals surface area (Å²) in [6, 6.07) is 16.2. The summed E-state index contributed by atoms with van der Waals surface area (Å²) in [5, 5.41) is 12.6. The van der Waals surface area contributed by atoms with Gasteiger partial charge in [-0.1, -0.05) is 29.5 Å². The third kappa shape index (κ3) is 3.09. The van der Waals surface area contributed by atoms with Crippen molar-refractivity contribution < 1.29 is 0 Å². The summed E-state index contributed by atoms with van der Waals surface area (Å²) in [7, 11) is 0. The lowest BCUT2D eigenvalue weighted by atomic mass is 10.1. The minimum atomic E-state index is 0.584. The quantitative estimate of drug-likeness (QED) is 0.581. The van der Waals surface area contributed by atoms with Crippen molar-refractivity contribution in [3.63, 3.8) is 0 Å². The largest absolute Gasteiger partial charge is 0.330 e. The molecule has 2 aromatic heterocycles. The molecule has 0 saturated carbocycles. The van der Waals surface area contributed by atoms with E-state index in [9.17, 15) is 0 Å². The summed E-state index contributed by atoms with van der Waals surface area (Å²) >= 11 is 1.31. The monoisotopic (exact) mass is 362 g/mol. The Hall–Kier alpha value is -3.06. The van der Waals surface area contributed by atoms with Crippen molar-refractivity contribution in [3.05, 3.63) is 65.4 Å². The first kappa shape index (κ1) is 16.4.